The van der Waals surface area contributed by atoms with Crippen LogP contribution in [0.25, 0.3) is 0 Å². The first-order valence-electron chi connectivity index (χ1n) is 7.93. The fourth-order valence-corrected chi connectivity index (χ4v) is 3.15. The van der Waals surface area contributed by atoms with Gasteiger partial charge in [0.05, 0.1) is 16.1 Å². The Morgan fingerprint density at radius 1 is 1.00 bits per heavy atom. The van der Waals surface area contributed by atoms with Gasteiger partial charge in [-0.2, -0.15) is 13.2 Å². The number of carbonyl (C=O) groups excluding carboxylic acids is 1. The van der Waals surface area contributed by atoms with Crippen LogP contribution in [0.3, 0.4) is 0 Å². The van der Waals surface area contributed by atoms with Crippen LogP contribution in [0.2, 0.25) is 5.02 Å². The Bertz CT molecular complexity index is 797. The van der Waals surface area contributed by atoms with Crippen LogP contribution < -0.4 is 4.90 Å². The molecule has 8 heteroatoms. The first kappa shape index (κ1) is 18.5. The van der Waals surface area contributed by atoms with Gasteiger partial charge < -0.3 is 9.80 Å². The minimum atomic E-state index is -4.41. The zero-order valence-electron chi connectivity index (χ0n) is 13.6. The fraction of sp³-hybridized carbons (Fsp3) is 0.278. The van der Waals surface area contributed by atoms with Gasteiger partial charge >= 0.3 is 6.18 Å². The van der Waals surface area contributed by atoms with Crippen molar-refractivity contribution in [3.05, 3.63) is 64.4 Å². The predicted octanol–water partition coefficient (Wildman–Crippen LogP) is 4.46. The summed E-state index contributed by atoms with van der Waals surface area (Å²) < 4.78 is 52.4. The van der Waals surface area contributed by atoms with Gasteiger partial charge in [0.25, 0.3) is 5.91 Å². The van der Waals surface area contributed by atoms with E-state index in [0.29, 0.717) is 18.8 Å². The number of hydrogen-bond donors (Lipinski definition) is 0. The molecule has 3 rings (SSSR count). The average Bonchev–Trinajstić information content (AvgIpc) is 2.61. The van der Waals surface area contributed by atoms with Crippen molar-refractivity contribution in [3.63, 3.8) is 0 Å². The number of rotatable bonds is 2. The molecule has 1 amide bonds. The Labute approximate surface area is 152 Å². The molecule has 0 aliphatic carbocycles. The number of hydrogen-bond acceptors (Lipinski definition) is 2. The SMILES string of the molecule is O=C(c1c(F)cccc1Cl)N1CCN(c2cccc(C(F)(F)F)c2)CC1. The minimum absolute atomic E-state index is 0.0373. The zero-order valence-corrected chi connectivity index (χ0v) is 14.3. The molecule has 0 saturated carbocycles. The zero-order chi connectivity index (χ0) is 18.9. The Morgan fingerprint density at radius 2 is 1.65 bits per heavy atom. The monoisotopic (exact) mass is 386 g/mol. The highest BCUT2D eigenvalue weighted by Crippen LogP contribution is 2.32. The van der Waals surface area contributed by atoms with Crippen LogP contribution in [0.15, 0.2) is 42.5 Å². The lowest BCUT2D eigenvalue weighted by Crippen LogP contribution is -2.49. The normalized spacial score (nSPS) is 15.3. The molecule has 26 heavy (non-hydrogen) atoms. The second-order valence-corrected chi connectivity index (χ2v) is 6.33. The third kappa shape index (κ3) is 3.77. The van der Waals surface area contributed by atoms with E-state index in [1.165, 1.54) is 23.1 Å². The number of anilines is 1. The summed E-state index contributed by atoms with van der Waals surface area (Å²) in [5.41, 5.74) is -0.454. The highest BCUT2D eigenvalue weighted by atomic mass is 35.5. The van der Waals surface area contributed by atoms with E-state index >= 15 is 0 Å². The maximum absolute atomic E-state index is 13.9. The summed E-state index contributed by atoms with van der Waals surface area (Å²) in [6.07, 6.45) is -4.41. The third-order valence-electron chi connectivity index (χ3n) is 4.28. The summed E-state index contributed by atoms with van der Waals surface area (Å²) >= 11 is 5.92. The molecule has 0 radical (unpaired) electrons. The molecule has 1 fully saturated rings. The van der Waals surface area contributed by atoms with Crippen molar-refractivity contribution in [1.29, 1.82) is 0 Å². The molecule has 2 aromatic carbocycles. The molecular weight excluding hydrogens is 372 g/mol. The van der Waals surface area contributed by atoms with E-state index in [4.69, 9.17) is 11.6 Å². The van der Waals surface area contributed by atoms with Crippen LogP contribution in [0.5, 0.6) is 0 Å². The Hall–Kier alpha value is -2.28. The van der Waals surface area contributed by atoms with Gasteiger partial charge in [-0.1, -0.05) is 23.7 Å². The summed E-state index contributed by atoms with van der Waals surface area (Å²) in [4.78, 5) is 15.7. The smallest absolute Gasteiger partial charge is 0.368 e. The molecule has 0 bridgehead atoms. The molecule has 1 heterocycles. The molecule has 0 atom stereocenters. The van der Waals surface area contributed by atoms with Crippen molar-refractivity contribution in [2.45, 2.75) is 6.18 Å². The number of benzene rings is 2. The van der Waals surface area contributed by atoms with Gasteiger partial charge in [0, 0.05) is 31.9 Å². The molecule has 0 unspecified atom stereocenters. The van der Waals surface area contributed by atoms with Crippen molar-refractivity contribution in [3.8, 4) is 0 Å². The topological polar surface area (TPSA) is 23.6 Å². The van der Waals surface area contributed by atoms with E-state index in [9.17, 15) is 22.4 Å². The summed E-state index contributed by atoms with van der Waals surface area (Å²) in [6, 6.07) is 9.08. The third-order valence-corrected chi connectivity index (χ3v) is 4.60. The molecule has 138 valence electrons. The van der Waals surface area contributed by atoms with Crippen molar-refractivity contribution in [2.75, 3.05) is 31.1 Å². The van der Waals surface area contributed by atoms with Gasteiger partial charge in [0.1, 0.15) is 5.82 Å². The minimum Gasteiger partial charge on any atom is -0.368 e. The maximum Gasteiger partial charge on any atom is 0.416 e. The van der Waals surface area contributed by atoms with Gasteiger partial charge in [0.15, 0.2) is 0 Å². The second kappa shape index (κ2) is 7.15. The molecule has 2 aromatic rings. The first-order valence-corrected chi connectivity index (χ1v) is 8.30. The van der Waals surface area contributed by atoms with Crippen molar-refractivity contribution in [2.24, 2.45) is 0 Å². The molecule has 1 saturated heterocycles. The fourth-order valence-electron chi connectivity index (χ4n) is 2.91. The van der Waals surface area contributed by atoms with Gasteiger partial charge in [-0.05, 0) is 30.3 Å². The molecule has 0 aromatic heterocycles. The highest BCUT2D eigenvalue weighted by molar-refractivity contribution is 6.33. The largest absolute Gasteiger partial charge is 0.416 e. The molecule has 3 nitrogen and oxygen atoms in total. The van der Waals surface area contributed by atoms with E-state index in [2.05, 4.69) is 0 Å². The number of amides is 1. The number of alkyl halides is 3. The molecule has 0 spiro atoms. The van der Waals surface area contributed by atoms with Gasteiger partial charge in [-0.3, -0.25) is 4.79 Å². The highest BCUT2D eigenvalue weighted by Gasteiger charge is 2.31. The summed E-state index contributed by atoms with van der Waals surface area (Å²) in [7, 11) is 0. The van der Waals surface area contributed by atoms with E-state index in [-0.39, 0.29) is 23.7 Å². The van der Waals surface area contributed by atoms with Crippen LogP contribution in [0, 0.1) is 5.82 Å². The first-order chi connectivity index (χ1) is 12.3. The summed E-state index contributed by atoms with van der Waals surface area (Å²) in [5, 5.41) is 0.0373. The van der Waals surface area contributed by atoms with Gasteiger partial charge in [0.2, 0.25) is 0 Å². The number of halogens is 5. The predicted molar refractivity (Wildman–Crippen MR) is 91.0 cm³/mol. The Morgan fingerprint density at radius 3 is 2.27 bits per heavy atom. The molecule has 1 aliphatic rings. The summed E-state index contributed by atoms with van der Waals surface area (Å²) in [6.45, 7) is 1.22. The van der Waals surface area contributed by atoms with Gasteiger partial charge in [-0.25, -0.2) is 4.39 Å². The maximum atomic E-state index is 13.9. The van der Waals surface area contributed by atoms with E-state index in [0.717, 1.165) is 18.2 Å². The van der Waals surface area contributed by atoms with Crippen LogP contribution in [0.4, 0.5) is 23.2 Å². The number of piperazine rings is 1. The molecular formula is C18H15ClF4N2O. The Balaban J connectivity index is 1.71. The standard InChI is InChI=1S/C18H15ClF4N2O/c19-14-5-2-6-15(20)16(14)17(26)25-9-7-24(8-10-25)13-4-1-3-12(11-13)18(21,22)23/h1-6,11H,7-10H2. The van der Waals surface area contributed by atoms with Crippen molar-refractivity contribution in [1.82, 2.24) is 4.90 Å². The molecule has 1 aliphatic heterocycles. The van der Waals surface area contributed by atoms with E-state index in [1.807, 2.05) is 0 Å². The van der Waals surface area contributed by atoms with Crippen molar-refractivity contribution < 1.29 is 22.4 Å². The van der Waals surface area contributed by atoms with Crippen LogP contribution in [0.1, 0.15) is 15.9 Å². The second-order valence-electron chi connectivity index (χ2n) is 5.92. The number of carbonyl (C=O) groups is 1. The molecule has 0 N–H and O–H groups in total. The van der Waals surface area contributed by atoms with Crippen LogP contribution >= 0.6 is 11.6 Å². The Kier molecular flexibility index (Phi) is 5.09. The van der Waals surface area contributed by atoms with Crippen molar-refractivity contribution >= 4 is 23.2 Å². The average molecular weight is 387 g/mol. The lowest BCUT2D eigenvalue weighted by Gasteiger charge is -2.36. The van der Waals surface area contributed by atoms with E-state index in [1.54, 1.807) is 11.0 Å². The van der Waals surface area contributed by atoms with E-state index < -0.39 is 23.5 Å². The lowest BCUT2D eigenvalue weighted by atomic mass is 10.1. The summed E-state index contributed by atoms with van der Waals surface area (Å²) in [5.74, 6) is -1.21. The van der Waals surface area contributed by atoms with Crippen LogP contribution in [-0.4, -0.2) is 37.0 Å². The van der Waals surface area contributed by atoms with Gasteiger partial charge in [-0.15, -0.1) is 0 Å². The number of nitrogens with zero attached hydrogens (tertiary/aromatic N) is 2. The van der Waals surface area contributed by atoms with Crippen LogP contribution in [-0.2, 0) is 6.18 Å². The lowest BCUT2D eigenvalue weighted by molar-refractivity contribution is -0.137. The quantitative estimate of drug-likeness (QED) is 0.711.